The van der Waals surface area contributed by atoms with Gasteiger partial charge in [-0.25, -0.2) is 4.98 Å². The summed E-state index contributed by atoms with van der Waals surface area (Å²) in [6.07, 6.45) is 3.46. The Hall–Kier alpha value is -1.17. The van der Waals surface area contributed by atoms with Crippen LogP contribution in [-0.2, 0) is 4.79 Å². The highest BCUT2D eigenvalue weighted by Crippen LogP contribution is 2.48. The Kier molecular flexibility index (Phi) is 4.14. The average molecular weight is 338 g/mol. The van der Waals surface area contributed by atoms with Gasteiger partial charge < -0.3 is 11.1 Å². The van der Waals surface area contributed by atoms with Gasteiger partial charge in [0.2, 0.25) is 5.91 Å². The molecule has 118 valence electrons. The molecular formula is C16H20ClN3OS. The van der Waals surface area contributed by atoms with Gasteiger partial charge in [0.05, 0.1) is 16.1 Å². The minimum atomic E-state index is -0.0301. The van der Waals surface area contributed by atoms with Crippen molar-refractivity contribution in [2.24, 2.45) is 23.5 Å². The van der Waals surface area contributed by atoms with Crippen LogP contribution in [0.5, 0.6) is 0 Å². The highest BCUT2D eigenvalue weighted by molar-refractivity contribution is 7.22. The molecule has 2 fully saturated rings. The number of amides is 1. The van der Waals surface area contributed by atoms with Crippen LogP contribution in [0, 0.1) is 24.7 Å². The van der Waals surface area contributed by atoms with Crippen molar-refractivity contribution in [1.29, 1.82) is 0 Å². The summed E-state index contributed by atoms with van der Waals surface area (Å²) in [6, 6.07) is 6.17. The summed E-state index contributed by atoms with van der Waals surface area (Å²) in [7, 11) is 0. The predicted octanol–water partition coefficient (Wildman–Crippen LogP) is 3.34. The first-order chi connectivity index (χ1) is 10.1. The summed E-state index contributed by atoms with van der Waals surface area (Å²) < 4.78 is 1.11. The van der Waals surface area contributed by atoms with Gasteiger partial charge in [-0.05, 0) is 55.7 Å². The van der Waals surface area contributed by atoms with Crippen LogP contribution in [0.1, 0.15) is 24.8 Å². The number of aryl methyl sites for hydroxylation is 1. The zero-order valence-corrected chi connectivity index (χ0v) is 14.0. The summed E-state index contributed by atoms with van der Waals surface area (Å²) >= 11 is 1.54. The molecule has 1 aromatic heterocycles. The molecule has 2 bridgehead atoms. The lowest BCUT2D eigenvalue weighted by atomic mass is 9.84. The van der Waals surface area contributed by atoms with Gasteiger partial charge in [-0.1, -0.05) is 17.4 Å². The summed E-state index contributed by atoms with van der Waals surface area (Å²) in [4.78, 5) is 17.0. The fourth-order valence-electron chi connectivity index (χ4n) is 4.00. The summed E-state index contributed by atoms with van der Waals surface area (Å²) in [6.45, 7) is 2.06. The quantitative estimate of drug-likeness (QED) is 0.883. The van der Waals surface area contributed by atoms with E-state index in [1.165, 1.54) is 23.3 Å². The van der Waals surface area contributed by atoms with Gasteiger partial charge in [-0.15, -0.1) is 12.4 Å². The summed E-state index contributed by atoms with van der Waals surface area (Å²) in [5, 5.41) is 3.69. The molecule has 4 unspecified atom stereocenters. The molecule has 2 aliphatic carbocycles. The van der Waals surface area contributed by atoms with Crippen molar-refractivity contribution in [2.75, 3.05) is 5.32 Å². The first-order valence-corrected chi connectivity index (χ1v) is 8.37. The van der Waals surface area contributed by atoms with Crippen molar-refractivity contribution < 1.29 is 4.79 Å². The highest BCUT2D eigenvalue weighted by Gasteiger charge is 2.49. The minimum absolute atomic E-state index is 0. The van der Waals surface area contributed by atoms with E-state index < -0.39 is 0 Å². The molecule has 3 N–H and O–H groups in total. The maximum Gasteiger partial charge on any atom is 0.231 e. The monoisotopic (exact) mass is 337 g/mol. The van der Waals surface area contributed by atoms with Crippen LogP contribution >= 0.6 is 23.7 Å². The fourth-order valence-corrected chi connectivity index (χ4v) is 4.97. The van der Waals surface area contributed by atoms with E-state index in [1.54, 1.807) is 0 Å². The third kappa shape index (κ3) is 2.51. The van der Waals surface area contributed by atoms with Crippen LogP contribution in [0.15, 0.2) is 18.2 Å². The molecule has 4 atom stereocenters. The topological polar surface area (TPSA) is 68.0 Å². The molecule has 1 aromatic carbocycles. The van der Waals surface area contributed by atoms with Gasteiger partial charge in [-0.3, -0.25) is 4.79 Å². The number of anilines is 1. The Morgan fingerprint density at radius 2 is 2.14 bits per heavy atom. The van der Waals surface area contributed by atoms with Gasteiger partial charge >= 0.3 is 0 Å². The molecule has 22 heavy (non-hydrogen) atoms. The molecule has 0 aliphatic heterocycles. The Bertz CT molecular complexity index is 714. The standard InChI is InChI=1S/C16H19N3OS.ClH/c1-8-2-5-11-12(6-8)21-16(18-11)19-15(20)13-9-3-4-10(7-9)14(13)17;/h2,5-6,9-10,13-14H,3-4,7,17H2,1H3,(H,18,19,20);1H. The smallest absolute Gasteiger partial charge is 0.231 e. The van der Waals surface area contributed by atoms with E-state index in [9.17, 15) is 4.79 Å². The zero-order chi connectivity index (χ0) is 14.6. The number of aromatic nitrogens is 1. The second-order valence-corrected chi connectivity index (χ2v) is 7.45. The molecule has 0 radical (unpaired) electrons. The lowest BCUT2D eigenvalue weighted by Gasteiger charge is -2.26. The van der Waals surface area contributed by atoms with Crippen LogP contribution in [0.4, 0.5) is 5.13 Å². The number of hydrogen-bond donors (Lipinski definition) is 2. The van der Waals surface area contributed by atoms with Crippen LogP contribution in [0.2, 0.25) is 0 Å². The van der Waals surface area contributed by atoms with Crippen molar-refractivity contribution in [3.05, 3.63) is 23.8 Å². The third-order valence-electron chi connectivity index (χ3n) is 5.06. The molecule has 0 spiro atoms. The Balaban J connectivity index is 0.00000144. The van der Waals surface area contributed by atoms with Crippen molar-refractivity contribution in [3.63, 3.8) is 0 Å². The van der Waals surface area contributed by atoms with Crippen LogP contribution in [-0.4, -0.2) is 16.9 Å². The van der Waals surface area contributed by atoms with E-state index in [0.29, 0.717) is 17.0 Å². The predicted molar refractivity (Wildman–Crippen MR) is 92.5 cm³/mol. The number of nitrogens with zero attached hydrogens (tertiary/aromatic N) is 1. The molecule has 4 rings (SSSR count). The number of nitrogens with two attached hydrogens (primary N) is 1. The molecule has 6 heteroatoms. The summed E-state index contributed by atoms with van der Waals surface area (Å²) in [5.74, 6) is 1.05. The van der Waals surface area contributed by atoms with E-state index >= 15 is 0 Å². The van der Waals surface area contributed by atoms with E-state index in [0.717, 1.165) is 23.1 Å². The van der Waals surface area contributed by atoms with Gasteiger partial charge in [0.25, 0.3) is 0 Å². The highest BCUT2D eigenvalue weighted by atomic mass is 35.5. The molecule has 1 heterocycles. The van der Waals surface area contributed by atoms with Gasteiger partial charge in [0.1, 0.15) is 0 Å². The number of nitrogens with one attached hydrogen (secondary N) is 1. The van der Waals surface area contributed by atoms with Gasteiger partial charge in [-0.2, -0.15) is 0 Å². The second-order valence-electron chi connectivity index (χ2n) is 6.42. The van der Waals surface area contributed by atoms with Crippen LogP contribution in [0.3, 0.4) is 0 Å². The Labute approximate surface area is 139 Å². The van der Waals surface area contributed by atoms with Gasteiger partial charge in [0, 0.05) is 6.04 Å². The Morgan fingerprint density at radius 3 is 2.86 bits per heavy atom. The zero-order valence-electron chi connectivity index (χ0n) is 12.4. The number of thiazole rings is 1. The molecule has 0 saturated heterocycles. The molecule has 4 nitrogen and oxygen atoms in total. The number of benzene rings is 1. The minimum Gasteiger partial charge on any atom is -0.327 e. The number of hydrogen-bond acceptors (Lipinski definition) is 4. The normalized spacial score (nSPS) is 29.5. The largest absolute Gasteiger partial charge is 0.327 e. The number of rotatable bonds is 2. The SMILES string of the molecule is Cc1ccc2nc(NC(=O)C3C4CCC(C4)C3N)sc2c1.Cl. The number of halogens is 1. The Morgan fingerprint density at radius 1 is 1.36 bits per heavy atom. The molecule has 1 amide bonds. The summed E-state index contributed by atoms with van der Waals surface area (Å²) in [5.41, 5.74) is 8.39. The lowest BCUT2D eigenvalue weighted by molar-refractivity contribution is -0.121. The maximum absolute atomic E-state index is 12.5. The fraction of sp³-hybridized carbons (Fsp3) is 0.500. The van der Waals surface area contributed by atoms with E-state index in [4.69, 9.17) is 5.73 Å². The van der Waals surface area contributed by atoms with Crippen molar-refractivity contribution in [1.82, 2.24) is 4.98 Å². The number of fused-ring (bicyclic) bond motifs is 3. The van der Waals surface area contributed by atoms with Gasteiger partial charge in [0.15, 0.2) is 5.13 Å². The molecule has 2 aliphatic rings. The van der Waals surface area contributed by atoms with E-state index in [-0.39, 0.29) is 30.3 Å². The lowest BCUT2D eigenvalue weighted by Crippen LogP contribution is -2.42. The first kappa shape index (κ1) is 15.7. The van der Waals surface area contributed by atoms with Crippen LogP contribution in [0.25, 0.3) is 10.2 Å². The van der Waals surface area contributed by atoms with Crippen molar-refractivity contribution in [2.45, 2.75) is 32.2 Å². The van der Waals surface area contributed by atoms with Crippen LogP contribution < -0.4 is 11.1 Å². The first-order valence-electron chi connectivity index (χ1n) is 7.55. The molecule has 2 saturated carbocycles. The van der Waals surface area contributed by atoms with Crippen molar-refractivity contribution >= 4 is 45.0 Å². The van der Waals surface area contributed by atoms with Crippen molar-refractivity contribution in [3.8, 4) is 0 Å². The average Bonchev–Trinajstić information content (AvgIpc) is 3.11. The molecular weight excluding hydrogens is 318 g/mol. The van der Waals surface area contributed by atoms with E-state index in [1.807, 2.05) is 12.1 Å². The van der Waals surface area contributed by atoms with E-state index in [2.05, 4.69) is 23.3 Å². The third-order valence-corrected chi connectivity index (χ3v) is 5.99. The second kappa shape index (κ2) is 5.80. The maximum atomic E-state index is 12.5. The number of carbonyl (C=O) groups is 1. The number of carbonyl (C=O) groups excluding carboxylic acids is 1. The molecule has 2 aromatic rings.